The lowest BCUT2D eigenvalue weighted by Gasteiger charge is -2.17. The summed E-state index contributed by atoms with van der Waals surface area (Å²) in [6.45, 7) is 8.85. The second kappa shape index (κ2) is 8.49. The van der Waals surface area contributed by atoms with Gasteiger partial charge in [0.15, 0.2) is 5.75 Å². The van der Waals surface area contributed by atoms with Crippen molar-refractivity contribution in [2.75, 3.05) is 11.9 Å². The molecular weight excluding hydrogens is 268 g/mol. The monoisotopic (exact) mass is 294 g/mol. The maximum atomic E-state index is 11.3. The number of hydrogen-bond donors (Lipinski definition) is 1. The molecule has 0 bridgehead atoms. The molecule has 5 nitrogen and oxygen atoms in total. The number of benzene rings is 1. The molecule has 0 aliphatic heterocycles. The summed E-state index contributed by atoms with van der Waals surface area (Å²) in [6, 6.07) is 5.36. The first-order chi connectivity index (χ1) is 9.95. The first-order valence-electron chi connectivity index (χ1n) is 7.62. The molecule has 0 saturated carbocycles. The van der Waals surface area contributed by atoms with Crippen LogP contribution in [0.1, 0.15) is 47.0 Å². The quantitative estimate of drug-likeness (QED) is 0.533. The van der Waals surface area contributed by atoms with Crippen LogP contribution in [0.5, 0.6) is 5.75 Å². The summed E-state index contributed by atoms with van der Waals surface area (Å²) in [4.78, 5) is 11.0. The van der Waals surface area contributed by atoms with Crippen LogP contribution in [0.25, 0.3) is 0 Å². The van der Waals surface area contributed by atoms with Crippen molar-refractivity contribution in [2.45, 2.75) is 53.0 Å². The molecule has 0 aromatic heterocycles. The third-order valence-electron chi connectivity index (χ3n) is 3.22. The van der Waals surface area contributed by atoms with Crippen LogP contribution in [0.15, 0.2) is 18.2 Å². The van der Waals surface area contributed by atoms with Gasteiger partial charge in [0.25, 0.3) is 0 Å². The number of ether oxygens (including phenoxy) is 1. The number of nitrogens with one attached hydrogen (secondary N) is 1. The van der Waals surface area contributed by atoms with Crippen LogP contribution in [-0.4, -0.2) is 17.6 Å². The standard InChI is InChI=1S/C16H26N2O3/c1-5-11-21-15-8-6-7-14(16(15)18(19)20)17-13(4)10-9-12(2)3/h6-8,12-13,17H,5,9-11H2,1-4H3. The molecule has 0 radical (unpaired) electrons. The summed E-state index contributed by atoms with van der Waals surface area (Å²) < 4.78 is 5.49. The molecular formula is C16H26N2O3. The molecule has 1 aromatic carbocycles. The Morgan fingerprint density at radius 2 is 2.00 bits per heavy atom. The molecule has 0 saturated heterocycles. The van der Waals surface area contributed by atoms with Crippen molar-refractivity contribution in [3.63, 3.8) is 0 Å². The van der Waals surface area contributed by atoms with Gasteiger partial charge in [-0.05, 0) is 44.2 Å². The highest BCUT2D eigenvalue weighted by molar-refractivity contribution is 5.68. The van der Waals surface area contributed by atoms with Gasteiger partial charge in [-0.1, -0.05) is 26.8 Å². The fourth-order valence-corrected chi connectivity index (χ4v) is 2.08. The van der Waals surface area contributed by atoms with Crippen LogP contribution in [0.3, 0.4) is 0 Å². The number of anilines is 1. The molecule has 0 aliphatic rings. The van der Waals surface area contributed by atoms with Gasteiger partial charge in [0.2, 0.25) is 0 Å². The van der Waals surface area contributed by atoms with Crippen LogP contribution >= 0.6 is 0 Å². The van der Waals surface area contributed by atoms with E-state index >= 15 is 0 Å². The smallest absolute Gasteiger partial charge is 0.333 e. The number of nitro groups is 1. The Balaban J connectivity index is 2.87. The molecule has 0 amide bonds. The topological polar surface area (TPSA) is 64.4 Å². The Kier molecular flexibility index (Phi) is 6.99. The zero-order valence-electron chi connectivity index (χ0n) is 13.4. The van der Waals surface area contributed by atoms with Crippen molar-refractivity contribution in [3.8, 4) is 5.75 Å². The number of nitrogens with zero attached hydrogens (tertiary/aromatic N) is 1. The van der Waals surface area contributed by atoms with Crippen molar-refractivity contribution < 1.29 is 9.66 Å². The lowest BCUT2D eigenvalue weighted by Crippen LogP contribution is -2.17. The van der Waals surface area contributed by atoms with Gasteiger partial charge in [-0.3, -0.25) is 10.1 Å². The zero-order chi connectivity index (χ0) is 15.8. The highest BCUT2D eigenvalue weighted by Gasteiger charge is 2.21. The van der Waals surface area contributed by atoms with Crippen molar-refractivity contribution in [2.24, 2.45) is 5.92 Å². The highest BCUT2D eigenvalue weighted by Crippen LogP contribution is 2.35. The average molecular weight is 294 g/mol. The van der Waals surface area contributed by atoms with Gasteiger partial charge in [0.1, 0.15) is 5.69 Å². The van der Waals surface area contributed by atoms with E-state index in [9.17, 15) is 10.1 Å². The number of para-hydroxylation sites is 1. The van der Waals surface area contributed by atoms with Gasteiger partial charge >= 0.3 is 5.69 Å². The summed E-state index contributed by atoms with van der Waals surface area (Å²) >= 11 is 0. The Hall–Kier alpha value is -1.78. The molecule has 118 valence electrons. The van der Waals surface area contributed by atoms with E-state index in [2.05, 4.69) is 19.2 Å². The summed E-state index contributed by atoms with van der Waals surface area (Å²) in [7, 11) is 0. The van der Waals surface area contributed by atoms with E-state index in [-0.39, 0.29) is 16.7 Å². The molecule has 1 rings (SSSR count). The fraction of sp³-hybridized carbons (Fsp3) is 0.625. The van der Waals surface area contributed by atoms with Crippen LogP contribution in [0.4, 0.5) is 11.4 Å². The number of hydrogen-bond acceptors (Lipinski definition) is 4. The van der Waals surface area contributed by atoms with Gasteiger partial charge in [-0.2, -0.15) is 0 Å². The van der Waals surface area contributed by atoms with Crippen LogP contribution in [0, 0.1) is 16.0 Å². The van der Waals surface area contributed by atoms with E-state index in [1.165, 1.54) is 0 Å². The minimum Gasteiger partial charge on any atom is -0.487 e. The van der Waals surface area contributed by atoms with E-state index in [0.29, 0.717) is 24.0 Å². The van der Waals surface area contributed by atoms with Crippen molar-refractivity contribution >= 4 is 11.4 Å². The second-order valence-corrected chi connectivity index (χ2v) is 5.77. The molecule has 1 atom stereocenters. The van der Waals surface area contributed by atoms with Gasteiger partial charge in [0.05, 0.1) is 11.5 Å². The zero-order valence-corrected chi connectivity index (χ0v) is 13.4. The lowest BCUT2D eigenvalue weighted by atomic mass is 10.0. The lowest BCUT2D eigenvalue weighted by molar-refractivity contribution is -0.385. The van der Waals surface area contributed by atoms with E-state index in [1.54, 1.807) is 18.2 Å². The molecule has 1 unspecified atom stereocenters. The van der Waals surface area contributed by atoms with E-state index in [0.717, 1.165) is 19.3 Å². The number of nitro benzene ring substituents is 1. The molecule has 0 spiro atoms. The normalized spacial score (nSPS) is 12.2. The maximum Gasteiger partial charge on any atom is 0.333 e. The largest absolute Gasteiger partial charge is 0.487 e. The van der Waals surface area contributed by atoms with Crippen molar-refractivity contribution in [3.05, 3.63) is 28.3 Å². The van der Waals surface area contributed by atoms with Crippen LogP contribution in [0.2, 0.25) is 0 Å². The van der Waals surface area contributed by atoms with Gasteiger partial charge < -0.3 is 10.1 Å². The van der Waals surface area contributed by atoms with E-state index in [4.69, 9.17) is 4.74 Å². The molecule has 0 aliphatic carbocycles. The van der Waals surface area contributed by atoms with E-state index < -0.39 is 0 Å². The van der Waals surface area contributed by atoms with Gasteiger partial charge in [-0.25, -0.2) is 0 Å². The Labute approximate surface area is 126 Å². The Morgan fingerprint density at radius 3 is 2.57 bits per heavy atom. The molecule has 1 N–H and O–H groups in total. The van der Waals surface area contributed by atoms with Crippen LogP contribution in [-0.2, 0) is 0 Å². The average Bonchev–Trinajstić information content (AvgIpc) is 2.42. The van der Waals surface area contributed by atoms with Crippen molar-refractivity contribution in [1.82, 2.24) is 0 Å². The van der Waals surface area contributed by atoms with Crippen LogP contribution < -0.4 is 10.1 Å². The SMILES string of the molecule is CCCOc1cccc(NC(C)CCC(C)C)c1[N+](=O)[O-]. The predicted octanol–water partition coefficient (Wildman–Crippen LogP) is 4.62. The van der Waals surface area contributed by atoms with Gasteiger partial charge in [-0.15, -0.1) is 0 Å². The number of rotatable bonds is 9. The minimum absolute atomic E-state index is 0.0300. The first kappa shape index (κ1) is 17.3. The molecule has 5 heteroatoms. The van der Waals surface area contributed by atoms with Crippen molar-refractivity contribution in [1.29, 1.82) is 0 Å². The first-order valence-corrected chi connectivity index (χ1v) is 7.62. The maximum absolute atomic E-state index is 11.3. The third kappa shape index (κ3) is 5.61. The minimum atomic E-state index is -0.373. The van der Waals surface area contributed by atoms with Gasteiger partial charge in [0, 0.05) is 6.04 Å². The summed E-state index contributed by atoms with van der Waals surface area (Å²) in [5.74, 6) is 0.964. The molecule has 0 heterocycles. The predicted molar refractivity (Wildman–Crippen MR) is 86.0 cm³/mol. The molecule has 1 aromatic rings. The highest BCUT2D eigenvalue weighted by atomic mass is 16.6. The molecule has 21 heavy (non-hydrogen) atoms. The Bertz CT molecular complexity index is 461. The third-order valence-corrected chi connectivity index (χ3v) is 3.22. The fourth-order valence-electron chi connectivity index (χ4n) is 2.08. The summed E-state index contributed by atoms with van der Waals surface area (Å²) in [5, 5.41) is 14.6. The summed E-state index contributed by atoms with van der Waals surface area (Å²) in [6.07, 6.45) is 2.89. The summed E-state index contributed by atoms with van der Waals surface area (Å²) in [5.41, 5.74) is 0.562. The van der Waals surface area contributed by atoms with E-state index in [1.807, 2.05) is 13.8 Å². The Morgan fingerprint density at radius 1 is 1.29 bits per heavy atom. The second-order valence-electron chi connectivity index (χ2n) is 5.77. The molecule has 0 fully saturated rings.